The smallest absolute Gasteiger partial charge is 0.282 e. The van der Waals surface area contributed by atoms with Crippen LogP contribution < -0.4 is 4.90 Å². The third kappa shape index (κ3) is 3.66. The first kappa shape index (κ1) is 20.0. The standard InChI is InChI=1S/C22H21Cl2N3O2/c1-14-3-8-17(13-18(14)24)27-21(28)19(15-4-6-16(23)7-5-15)20(22(27)29)26-11-9-25(2)10-12-26/h3-8,13H,9-12H2,1-2H3. The molecule has 0 atom stereocenters. The molecule has 0 aliphatic carbocycles. The number of aryl methyl sites for hydroxylation is 1. The Balaban J connectivity index is 1.81. The number of likely N-dealkylation sites (N-methyl/N-ethyl adjacent to an activating group) is 1. The van der Waals surface area contributed by atoms with Crippen LogP contribution in [0.4, 0.5) is 5.69 Å². The highest BCUT2D eigenvalue weighted by Crippen LogP contribution is 2.36. The number of anilines is 1. The molecule has 2 aliphatic rings. The number of carbonyl (C=O) groups excluding carboxylic acids is 2. The third-order valence-corrected chi connectivity index (χ3v) is 6.08. The Morgan fingerprint density at radius 2 is 1.52 bits per heavy atom. The van der Waals surface area contributed by atoms with Crippen LogP contribution in [0.25, 0.3) is 5.57 Å². The van der Waals surface area contributed by atoms with E-state index in [1.165, 1.54) is 4.90 Å². The fraction of sp³-hybridized carbons (Fsp3) is 0.273. The van der Waals surface area contributed by atoms with Crippen LogP contribution in [0.15, 0.2) is 48.2 Å². The number of imide groups is 1. The van der Waals surface area contributed by atoms with Crippen LogP contribution in [0.1, 0.15) is 11.1 Å². The molecule has 4 rings (SSSR count). The lowest BCUT2D eigenvalue weighted by atomic mass is 10.0. The lowest BCUT2D eigenvalue weighted by Gasteiger charge is -2.34. The van der Waals surface area contributed by atoms with Gasteiger partial charge in [0.15, 0.2) is 0 Å². The summed E-state index contributed by atoms with van der Waals surface area (Å²) in [7, 11) is 2.05. The second kappa shape index (κ2) is 7.82. The normalized spacial score (nSPS) is 18.2. The van der Waals surface area contributed by atoms with Gasteiger partial charge >= 0.3 is 0 Å². The van der Waals surface area contributed by atoms with Crippen molar-refractivity contribution in [2.24, 2.45) is 0 Å². The van der Waals surface area contributed by atoms with E-state index in [4.69, 9.17) is 23.2 Å². The predicted octanol–water partition coefficient (Wildman–Crippen LogP) is 3.83. The maximum atomic E-state index is 13.5. The minimum Gasteiger partial charge on any atom is -0.364 e. The van der Waals surface area contributed by atoms with Crippen molar-refractivity contribution < 1.29 is 9.59 Å². The SMILES string of the molecule is Cc1ccc(N2C(=O)C(c3ccc(Cl)cc3)=C(N3CCN(C)CC3)C2=O)cc1Cl. The van der Waals surface area contributed by atoms with E-state index in [0.29, 0.717) is 45.7 Å². The molecule has 0 saturated carbocycles. The van der Waals surface area contributed by atoms with E-state index in [-0.39, 0.29) is 11.8 Å². The number of hydrogen-bond donors (Lipinski definition) is 0. The molecule has 0 spiro atoms. The first-order valence-electron chi connectivity index (χ1n) is 9.45. The minimum absolute atomic E-state index is 0.315. The van der Waals surface area contributed by atoms with Gasteiger partial charge in [-0.05, 0) is 49.4 Å². The molecule has 2 aromatic carbocycles. The Morgan fingerprint density at radius 3 is 2.14 bits per heavy atom. The summed E-state index contributed by atoms with van der Waals surface area (Å²) >= 11 is 12.3. The number of hydrogen-bond acceptors (Lipinski definition) is 4. The molecule has 2 heterocycles. The zero-order valence-electron chi connectivity index (χ0n) is 16.3. The zero-order chi connectivity index (χ0) is 20.7. The molecule has 7 heteroatoms. The van der Waals surface area contributed by atoms with Crippen molar-refractivity contribution in [3.8, 4) is 0 Å². The van der Waals surface area contributed by atoms with Crippen molar-refractivity contribution in [3.05, 3.63) is 69.3 Å². The molecule has 2 aliphatic heterocycles. The molecule has 0 unspecified atom stereocenters. The third-order valence-electron chi connectivity index (χ3n) is 5.43. The molecule has 1 fully saturated rings. The molecule has 0 aromatic heterocycles. The Labute approximate surface area is 180 Å². The second-order valence-corrected chi connectivity index (χ2v) is 8.24. The van der Waals surface area contributed by atoms with Crippen LogP contribution in [0.2, 0.25) is 10.0 Å². The Bertz CT molecular complexity index is 1010. The average molecular weight is 430 g/mol. The molecular formula is C22H21Cl2N3O2. The summed E-state index contributed by atoms with van der Waals surface area (Å²) in [5, 5.41) is 1.10. The predicted molar refractivity (Wildman–Crippen MR) is 116 cm³/mol. The van der Waals surface area contributed by atoms with Crippen LogP contribution in [0, 0.1) is 6.92 Å². The molecular weight excluding hydrogens is 409 g/mol. The molecule has 0 N–H and O–H groups in total. The van der Waals surface area contributed by atoms with Crippen molar-refractivity contribution in [2.75, 3.05) is 38.1 Å². The maximum Gasteiger partial charge on any atom is 0.282 e. The second-order valence-electron chi connectivity index (χ2n) is 7.40. The van der Waals surface area contributed by atoms with E-state index < -0.39 is 0 Å². The monoisotopic (exact) mass is 429 g/mol. The highest BCUT2D eigenvalue weighted by molar-refractivity contribution is 6.45. The van der Waals surface area contributed by atoms with Gasteiger partial charge in [-0.2, -0.15) is 0 Å². The van der Waals surface area contributed by atoms with Crippen LogP contribution in [0.5, 0.6) is 0 Å². The summed E-state index contributed by atoms with van der Waals surface area (Å²) in [5.74, 6) is -0.657. The van der Waals surface area contributed by atoms with E-state index in [0.717, 1.165) is 18.7 Å². The van der Waals surface area contributed by atoms with E-state index in [2.05, 4.69) is 4.90 Å². The molecule has 0 radical (unpaired) electrons. The van der Waals surface area contributed by atoms with Gasteiger partial charge < -0.3 is 9.80 Å². The maximum absolute atomic E-state index is 13.5. The number of rotatable bonds is 3. The fourth-order valence-corrected chi connectivity index (χ4v) is 3.97. The van der Waals surface area contributed by atoms with Crippen molar-refractivity contribution in [3.63, 3.8) is 0 Å². The Morgan fingerprint density at radius 1 is 0.862 bits per heavy atom. The first-order chi connectivity index (χ1) is 13.9. The largest absolute Gasteiger partial charge is 0.364 e. The van der Waals surface area contributed by atoms with Gasteiger partial charge in [0.25, 0.3) is 11.8 Å². The summed E-state index contributed by atoms with van der Waals surface area (Å²) in [6.45, 7) is 4.91. The number of benzene rings is 2. The average Bonchev–Trinajstić information content (AvgIpc) is 2.96. The van der Waals surface area contributed by atoms with Crippen LogP contribution >= 0.6 is 23.2 Å². The number of halogens is 2. The summed E-state index contributed by atoms with van der Waals surface area (Å²) < 4.78 is 0. The van der Waals surface area contributed by atoms with E-state index in [1.54, 1.807) is 36.4 Å². The summed E-state index contributed by atoms with van der Waals surface area (Å²) in [4.78, 5) is 32.4. The van der Waals surface area contributed by atoms with E-state index in [1.807, 2.05) is 24.9 Å². The minimum atomic E-state index is -0.342. The number of carbonyl (C=O) groups is 2. The van der Waals surface area contributed by atoms with Gasteiger partial charge in [-0.15, -0.1) is 0 Å². The zero-order valence-corrected chi connectivity index (χ0v) is 17.8. The Kier molecular flexibility index (Phi) is 5.38. The van der Waals surface area contributed by atoms with Crippen molar-refractivity contribution in [1.82, 2.24) is 9.80 Å². The molecule has 0 bridgehead atoms. The topological polar surface area (TPSA) is 43.9 Å². The lowest BCUT2D eigenvalue weighted by Crippen LogP contribution is -2.46. The van der Waals surface area contributed by atoms with Gasteiger partial charge in [-0.1, -0.05) is 41.4 Å². The highest BCUT2D eigenvalue weighted by atomic mass is 35.5. The van der Waals surface area contributed by atoms with Gasteiger partial charge in [0.1, 0.15) is 5.70 Å². The first-order valence-corrected chi connectivity index (χ1v) is 10.2. The van der Waals surface area contributed by atoms with Crippen molar-refractivity contribution >= 4 is 46.3 Å². The van der Waals surface area contributed by atoms with Crippen LogP contribution in [-0.4, -0.2) is 54.8 Å². The van der Waals surface area contributed by atoms with Crippen LogP contribution in [0.3, 0.4) is 0 Å². The number of piperazine rings is 1. The molecule has 1 saturated heterocycles. The highest BCUT2D eigenvalue weighted by Gasteiger charge is 2.43. The van der Waals surface area contributed by atoms with E-state index >= 15 is 0 Å². The van der Waals surface area contributed by atoms with Gasteiger partial charge in [-0.3, -0.25) is 9.59 Å². The van der Waals surface area contributed by atoms with Crippen LogP contribution in [-0.2, 0) is 9.59 Å². The number of nitrogens with zero attached hydrogens (tertiary/aromatic N) is 3. The van der Waals surface area contributed by atoms with Gasteiger partial charge in [0.05, 0.1) is 11.3 Å². The Hall–Kier alpha value is -2.34. The van der Waals surface area contributed by atoms with Crippen molar-refractivity contribution in [1.29, 1.82) is 0 Å². The van der Waals surface area contributed by atoms with Gasteiger partial charge in [0.2, 0.25) is 0 Å². The van der Waals surface area contributed by atoms with Gasteiger partial charge in [0, 0.05) is 36.2 Å². The van der Waals surface area contributed by atoms with Crippen molar-refractivity contribution in [2.45, 2.75) is 6.92 Å². The lowest BCUT2D eigenvalue weighted by molar-refractivity contribution is -0.120. The molecule has 150 valence electrons. The summed E-state index contributed by atoms with van der Waals surface area (Å²) in [5.41, 5.74) is 2.91. The van der Waals surface area contributed by atoms with E-state index in [9.17, 15) is 9.59 Å². The van der Waals surface area contributed by atoms with Gasteiger partial charge in [-0.25, -0.2) is 4.90 Å². The molecule has 5 nitrogen and oxygen atoms in total. The molecule has 2 amide bonds. The summed E-state index contributed by atoms with van der Waals surface area (Å²) in [6.07, 6.45) is 0. The molecule has 2 aromatic rings. The summed E-state index contributed by atoms with van der Waals surface area (Å²) in [6, 6.07) is 12.3. The quantitative estimate of drug-likeness (QED) is 0.695. The fourth-order valence-electron chi connectivity index (χ4n) is 3.67. The molecule has 29 heavy (non-hydrogen) atoms. The number of amides is 2.